The van der Waals surface area contributed by atoms with E-state index < -0.39 is 41.8 Å². The van der Waals surface area contributed by atoms with Gasteiger partial charge in [0.15, 0.2) is 0 Å². The highest BCUT2D eigenvalue weighted by atomic mass is 32.1. The van der Waals surface area contributed by atoms with Crippen LogP contribution in [0, 0.1) is 0 Å². The third-order valence-electron chi connectivity index (χ3n) is 5.18. The molecule has 1 atom stereocenters. The minimum atomic E-state index is -1.47. The third kappa shape index (κ3) is 4.72. The SMILES string of the molecule is CCOC(=O)c1cc(CC)sc1NC(=O)CN1C(=O)NC(C)(c2cccc(C(N)=O)c2)C1=O. The molecule has 0 saturated carbocycles. The number of rotatable bonds is 8. The average molecular weight is 473 g/mol. The van der Waals surface area contributed by atoms with E-state index in [1.54, 1.807) is 25.1 Å². The molecule has 0 aliphatic carbocycles. The van der Waals surface area contributed by atoms with Crippen LogP contribution < -0.4 is 16.4 Å². The van der Waals surface area contributed by atoms with E-state index in [2.05, 4.69) is 10.6 Å². The highest BCUT2D eigenvalue weighted by molar-refractivity contribution is 7.16. The van der Waals surface area contributed by atoms with E-state index in [9.17, 15) is 24.0 Å². The van der Waals surface area contributed by atoms with Crippen LogP contribution in [0.15, 0.2) is 30.3 Å². The predicted octanol–water partition coefficient (Wildman–Crippen LogP) is 1.99. The molecule has 10 nitrogen and oxygen atoms in total. The Morgan fingerprint density at radius 1 is 1.21 bits per heavy atom. The number of aryl methyl sites for hydroxylation is 1. The molecule has 1 aromatic carbocycles. The molecule has 2 heterocycles. The van der Waals surface area contributed by atoms with Crippen molar-refractivity contribution < 1.29 is 28.7 Å². The molecule has 4 N–H and O–H groups in total. The molecule has 11 heteroatoms. The molecule has 2 aromatic rings. The highest BCUT2D eigenvalue weighted by Crippen LogP contribution is 2.31. The first-order valence-electron chi connectivity index (χ1n) is 10.2. The van der Waals surface area contributed by atoms with E-state index in [1.165, 1.54) is 30.4 Å². The summed E-state index contributed by atoms with van der Waals surface area (Å²) in [6.07, 6.45) is 0.655. The zero-order valence-electron chi connectivity index (χ0n) is 18.4. The lowest BCUT2D eigenvalue weighted by Crippen LogP contribution is -2.42. The molecule has 0 radical (unpaired) electrons. The van der Waals surface area contributed by atoms with Crippen LogP contribution in [0.4, 0.5) is 9.80 Å². The van der Waals surface area contributed by atoms with Crippen LogP contribution in [0.25, 0.3) is 0 Å². The van der Waals surface area contributed by atoms with E-state index >= 15 is 0 Å². The maximum absolute atomic E-state index is 13.1. The van der Waals surface area contributed by atoms with E-state index in [1.807, 2.05) is 6.92 Å². The second-order valence-corrected chi connectivity index (χ2v) is 8.61. The first kappa shape index (κ1) is 23.9. The number of imide groups is 1. The van der Waals surface area contributed by atoms with Crippen molar-refractivity contribution in [1.29, 1.82) is 0 Å². The van der Waals surface area contributed by atoms with Gasteiger partial charge in [0.2, 0.25) is 11.8 Å². The van der Waals surface area contributed by atoms with E-state index in [0.717, 1.165) is 9.78 Å². The van der Waals surface area contributed by atoms with Gasteiger partial charge in [-0.25, -0.2) is 9.59 Å². The minimum absolute atomic E-state index is 0.182. The number of anilines is 1. The monoisotopic (exact) mass is 472 g/mol. The molecule has 3 rings (SSSR count). The van der Waals surface area contributed by atoms with Gasteiger partial charge >= 0.3 is 12.0 Å². The Morgan fingerprint density at radius 2 is 1.94 bits per heavy atom. The fourth-order valence-electron chi connectivity index (χ4n) is 3.40. The summed E-state index contributed by atoms with van der Waals surface area (Å²) >= 11 is 1.22. The number of hydrogen-bond acceptors (Lipinski definition) is 7. The summed E-state index contributed by atoms with van der Waals surface area (Å²) in [5, 5.41) is 5.47. The zero-order chi connectivity index (χ0) is 24.3. The molecule has 1 saturated heterocycles. The van der Waals surface area contributed by atoms with Crippen LogP contribution in [0.5, 0.6) is 0 Å². The number of amides is 5. The maximum Gasteiger partial charge on any atom is 0.341 e. The molecule has 1 aliphatic rings. The topological polar surface area (TPSA) is 148 Å². The maximum atomic E-state index is 13.1. The molecule has 0 spiro atoms. The molecule has 5 amide bonds. The molecule has 1 fully saturated rings. The molecular formula is C22H24N4O6S. The molecule has 33 heavy (non-hydrogen) atoms. The van der Waals surface area contributed by atoms with Crippen molar-refractivity contribution in [2.75, 3.05) is 18.5 Å². The molecular weight excluding hydrogens is 448 g/mol. The number of ether oxygens (including phenoxy) is 1. The van der Waals surface area contributed by atoms with Crippen molar-refractivity contribution in [3.05, 3.63) is 51.9 Å². The Labute approximate surface area is 194 Å². The number of carbonyl (C=O) groups is 5. The van der Waals surface area contributed by atoms with E-state index in [-0.39, 0.29) is 17.7 Å². The van der Waals surface area contributed by atoms with E-state index in [0.29, 0.717) is 17.0 Å². The standard InChI is InChI=1S/C22H24N4O6S/c1-4-14-10-15(19(29)32-5-2)18(33-14)24-16(27)11-26-20(30)22(3,25-21(26)31)13-8-6-7-12(9-13)17(23)28/h6-10H,4-5,11H2,1-3H3,(H2,23,28)(H,24,27)(H,25,31). The van der Waals surface area contributed by atoms with Crippen molar-refractivity contribution >= 4 is 46.1 Å². The fourth-order valence-corrected chi connectivity index (χ4v) is 4.40. The van der Waals surface area contributed by atoms with Gasteiger partial charge in [-0.3, -0.25) is 19.3 Å². The van der Waals surface area contributed by atoms with Gasteiger partial charge in [-0.15, -0.1) is 11.3 Å². The molecule has 1 aromatic heterocycles. The fraction of sp³-hybridized carbons (Fsp3) is 0.318. The van der Waals surface area contributed by atoms with Gasteiger partial charge in [0.25, 0.3) is 5.91 Å². The Morgan fingerprint density at radius 3 is 2.58 bits per heavy atom. The number of urea groups is 1. The van der Waals surface area contributed by atoms with Crippen LogP contribution in [-0.2, 0) is 26.3 Å². The van der Waals surface area contributed by atoms with E-state index in [4.69, 9.17) is 10.5 Å². The minimum Gasteiger partial charge on any atom is -0.462 e. The van der Waals surface area contributed by atoms with Gasteiger partial charge in [-0.05, 0) is 44.0 Å². The lowest BCUT2D eigenvalue weighted by atomic mass is 9.90. The number of thiophene rings is 1. The van der Waals surface area contributed by atoms with Crippen LogP contribution >= 0.6 is 11.3 Å². The number of nitrogens with zero attached hydrogens (tertiary/aromatic N) is 1. The largest absolute Gasteiger partial charge is 0.462 e. The van der Waals surface area contributed by atoms with Crippen molar-refractivity contribution in [2.45, 2.75) is 32.7 Å². The number of esters is 1. The number of carbonyl (C=O) groups excluding carboxylic acids is 5. The van der Waals surface area contributed by atoms with Gasteiger partial charge < -0.3 is 21.1 Å². The van der Waals surface area contributed by atoms with Crippen molar-refractivity contribution in [3.63, 3.8) is 0 Å². The molecule has 174 valence electrons. The van der Waals surface area contributed by atoms with Crippen molar-refractivity contribution in [1.82, 2.24) is 10.2 Å². The first-order valence-corrected chi connectivity index (χ1v) is 11.1. The highest BCUT2D eigenvalue weighted by Gasteiger charge is 2.49. The van der Waals surface area contributed by atoms with Crippen LogP contribution in [0.3, 0.4) is 0 Å². The Hall–Kier alpha value is -3.73. The molecule has 1 unspecified atom stereocenters. The smallest absolute Gasteiger partial charge is 0.341 e. The Balaban J connectivity index is 1.79. The second kappa shape index (κ2) is 9.41. The number of nitrogens with one attached hydrogen (secondary N) is 2. The van der Waals surface area contributed by atoms with Gasteiger partial charge in [-0.2, -0.15) is 0 Å². The number of hydrogen-bond donors (Lipinski definition) is 3. The summed E-state index contributed by atoms with van der Waals surface area (Å²) in [6, 6.07) is 6.94. The summed E-state index contributed by atoms with van der Waals surface area (Å²) in [4.78, 5) is 63.7. The number of nitrogens with two attached hydrogens (primary N) is 1. The van der Waals surface area contributed by atoms with Gasteiger partial charge in [0.1, 0.15) is 17.1 Å². The predicted molar refractivity (Wildman–Crippen MR) is 121 cm³/mol. The summed E-state index contributed by atoms with van der Waals surface area (Å²) in [6.45, 7) is 4.69. The van der Waals surface area contributed by atoms with Crippen molar-refractivity contribution in [3.8, 4) is 0 Å². The van der Waals surface area contributed by atoms with Gasteiger partial charge in [-0.1, -0.05) is 19.1 Å². The second-order valence-electron chi connectivity index (χ2n) is 7.47. The summed E-state index contributed by atoms with van der Waals surface area (Å²) in [5.41, 5.74) is 4.60. The molecule has 0 bridgehead atoms. The Bertz CT molecular complexity index is 1140. The van der Waals surface area contributed by atoms with Crippen molar-refractivity contribution in [2.24, 2.45) is 5.73 Å². The quantitative estimate of drug-likeness (QED) is 0.395. The average Bonchev–Trinajstić information content (AvgIpc) is 3.28. The third-order valence-corrected chi connectivity index (χ3v) is 6.38. The van der Waals surface area contributed by atoms with Gasteiger partial charge in [0.05, 0.1) is 12.2 Å². The number of primary amides is 1. The lowest BCUT2D eigenvalue weighted by Gasteiger charge is -2.22. The molecule has 1 aliphatic heterocycles. The number of benzene rings is 1. The summed E-state index contributed by atoms with van der Waals surface area (Å²) in [5.74, 6) is -2.55. The Kier molecular flexibility index (Phi) is 6.82. The van der Waals surface area contributed by atoms with Crippen LogP contribution in [0.2, 0.25) is 0 Å². The summed E-state index contributed by atoms with van der Waals surface area (Å²) < 4.78 is 5.03. The van der Waals surface area contributed by atoms with Crippen LogP contribution in [0.1, 0.15) is 51.9 Å². The zero-order valence-corrected chi connectivity index (χ0v) is 19.2. The summed E-state index contributed by atoms with van der Waals surface area (Å²) in [7, 11) is 0. The first-order chi connectivity index (χ1) is 15.6. The normalized spacial score (nSPS) is 17.6. The van der Waals surface area contributed by atoms with Crippen LogP contribution in [-0.4, -0.2) is 47.8 Å². The lowest BCUT2D eigenvalue weighted by molar-refractivity contribution is -0.133. The van der Waals surface area contributed by atoms with Gasteiger partial charge in [0, 0.05) is 10.4 Å².